The maximum atomic E-state index is 12.6. The highest BCUT2D eigenvalue weighted by atomic mass is 32.2. The second-order valence-corrected chi connectivity index (χ2v) is 5.39. The molecule has 0 amide bonds. The van der Waals surface area contributed by atoms with Gasteiger partial charge in [-0.2, -0.15) is 8.42 Å². The molecule has 0 unspecified atom stereocenters. The Labute approximate surface area is 88.0 Å². The summed E-state index contributed by atoms with van der Waals surface area (Å²) in [6.07, 6.45) is 0.611. The van der Waals surface area contributed by atoms with E-state index in [-0.39, 0.29) is 24.1 Å². The van der Waals surface area contributed by atoms with E-state index in [1.807, 2.05) is 0 Å². The lowest BCUT2D eigenvalue weighted by atomic mass is 10.0. The highest BCUT2D eigenvalue weighted by Gasteiger charge is 2.28. The lowest BCUT2D eigenvalue weighted by molar-refractivity contribution is 0.312. The molecule has 1 aliphatic heterocycles. The minimum Gasteiger partial charge on any atom is -0.270 e. The molecule has 1 aromatic carbocycles. The smallest absolute Gasteiger partial charge is 0.267 e. The van der Waals surface area contributed by atoms with E-state index in [9.17, 15) is 12.8 Å². The zero-order chi connectivity index (χ0) is 10.9. The van der Waals surface area contributed by atoms with E-state index >= 15 is 0 Å². The van der Waals surface area contributed by atoms with Crippen LogP contribution in [0.4, 0.5) is 4.39 Å². The first-order valence-electron chi connectivity index (χ1n) is 4.67. The summed E-state index contributed by atoms with van der Waals surface area (Å²) in [4.78, 5) is 0. The van der Waals surface area contributed by atoms with Crippen LogP contribution >= 0.6 is 0 Å². The summed E-state index contributed by atoms with van der Waals surface area (Å²) in [5.74, 6) is -0.237. The van der Waals surface area contributed by atoms with E-state index in [0.717, 1.165) is 5.56 Å². The van der Waals surface area contributed by atoms with Gasteiger partial charge in [-0.25, -0.2) is 4.39 Å². The second-order valence-electron chi connectivity index (χ2n) is 3.71. The molecule has 1 aromatic rings. The summed E-state index contributed by atoms with van der Waals surface area (Å²) in [6, 6.07) is 6.08. The third kappa shape index (κ3) is 2.76. The van der Waals surface area contributed by atoms with Gasteiger partial charge in [-0.15, -0.1) is 0 Å². The molecule has 1 aliphatic rings. The minimum atomic E-state index is -3.30. The van der Waals surface area contributed by atoms with Crippen LogP contribution in [0.1, 0.15) is 5.56 Å². The molecule has 1 atom stereocenters. The summed E-state index contributed by atoms with van der Waals surface area (Å²) in [6.45, 7) is 0.236. The third-order valence-electron chi connectivity index (χ3n) is 2.36. The van der Waals surface area contributed by atoms with Crippen LogP contribution in [-0.2, 0) is 20.7 Å². The van der Waals surface area contributed by atoms with Crippen LogP contribution in [0.15, 0.2) is 24.3 Å². The lowest BCUT2D eigenvalue weighted by Crippen LogP contribution is -2.09. The van der Waals surface area contributed by atoms with E-state index in [4.69, 9.17) is 0 Å². The van der Waals surface area contributed by atoms with Gasteiger partial charge >= 0.3 is 0 Å². The van der Waals surface area contributed by atoms with Crippen LogP contribution in [0.3, 0.4) is 0 Å². The van der Waals surface area contributed by atoms with Crippen LogP contribution in [0.2, 0.25) is 0 Å². The summed E-state index contributed by atoms with van der Waals surface area (Å²) in [5, 5.41) is 0. The van der Waals surface area contributed by atoms with E-state index in [1.165, 1.54) is 12.1 Å². The van der Waals surface area contributed by atoms with Gasteiger partial charge in [-0.1, -0.05) is 12.1 Å². The summed E-state index contributed by atoms with van der Waals surface area (Å²) in [7, 11) is -3.30. The van der Waals surface area contributed by atoms with Gasteiger partial charge in [0.15, 0.2) is 0 Å². The zero-order valence-electron chi connectivity index (χ0n) is 8.02. The Bertz CT molecular complexity index is 438. The highest BCUT2D eigenvalue weighted by molar-refractivity contribution is 7.86. The van der Waals surface area contributed by atoms with Gasteiger partial charge in [0.2, 0.25) is 0 Å². The van der Waals surface area contributed by atoms with Gasteiger partial charge in [0.25, 0.3) is 10.1 Å². The van der Waals surface area contributed by atoms with Crippen molar-refractivity contribution in [3.8, 4) is 0 Å². The van der Waals surface area contributed by atoms with Gasteiger partial charge in [-0.3, -0.25) is 4.18 Å². The minimum absolute atomic E-state index is 0.0135. The molecule has 1 heterocycles. The molecule has 0 aromatic heterocycles. The molecular weight excluding hydrogens is 219 g/mol. The topological polar surface area (TPSA) is 43.4 Å². The van der Waals surface area contributed by atoms with Crippen molar-refractivity contribution in [1.82, 2.24) is 0 Å². The molecular formula is C10H11FO3S. The van der Waals surface area contributed by atoms with Crippen LogP contribution in [-0.4, -0.2) is 20.8 Å². The monoisotopic (exact) mass is 230 g/mol. The third-order valence-corrected chi connectivity index (χ3v) is 3.74. The van der Waals surface area contributed by atoms with Gasteiger partial charge < -0.3 is 0 Å². The number of hydrogen-bond donors (Lipinski definition) is 0. The predicted octanol–water partition coefficient (Wildman–Crippen LogP) is 1.34. The summed E-state index contributed by atoms with van der Waals surface area (Å²) >= 11 is 0. The van der Waals surface area contributed by atoms with Crippen molar-refractivity contribution in [1.29, 1.82) is 0 Å². The Morgan fingerprint density at radius 1 is 1.33 bits per heavy atom. The number of halogens is 1. The van der Waals surface area contributed by atoms with Crippen molar-refractivity contribution < 1.29 is 17.0 Å². The first-order valence-corrected chi connectivity index (χ1v) is 6.24. The molecule has 1 fully saturated rings. The van der Waals surface area contributed by atoms with Gasteiger partial charge in [0.05, 0.1) is 12.4 Å². The summed E-state index contributed by atoms with van der Waals surface area (Å²) < 4.78 is 39.3. The molecule has 0 N–H and O–H groups in total. The molecule has 0 bridgehead atoms. The average molecular weight is 230 g/mol. The molecule has 82 valence electrons. The van der Waals surface area contributed by atoms with E-state index < -0.39 is 10.1 Å². The molecule has 0 aliphatic carbocycles. The van der Waals surface area contributed by atoms with E-state index in [2.05, 4.69) is 4.18 Å². The van der Waals surface area contributed by atoms with Gasteiger partial charge in [0, 0.05) is 5.92 Å². The Morgan fingerprint density at radius 3 is 2.53 bits per heavy atom. The zero-order valence-corrected chi connectivity index (χ0v) is 8.84. The van der Waals surface area contributed by atoms with Crippen molar-refractivity contribution in [2.75, 3.05) is 12.4 Å². The van der Waals surface area contributed by atoms with Crippen molar-refractivity contribution in [2.24, 2.45) is 5.92 Å². The quantitative estimate of drug-likeness (QED) is 0.720. The van der Waals surface area contributed by atoms with Crippen molar-refractivity contribution in [3.05, 3.63) is 35.6 Å². The predicted molar refractivity (Wildman–Crippen MR) is 53.3 cm³/mol. The Morgan fingerprint density at radius 2 is 2.00 bits per heavy atom. The Kier molecular flexibility index (Phi) is 2.75. The fourth-order valence-corrected chi connectivity index (χ4v) is 2.94. The molecule has 5 heteroatoms. The molecule has 0 radical (unpaired) electrons. The van der Waals surface area contributed by atoms with Gasteiger partial charge in [0.1, 0.15) is 5.82 Å². The number of benzene rings is 1. The van der Waals surface area contributed by atoms with Gasteiger partial charge in [-0.05, 0) is 24.1 Å². The normalized spacial score (nSPS) is 24.2. The average Bonchev–Trinajstić information content (AvgIpc) is 2.50. The number of rotatable bonds is 2. The fourth-order valence-electron chi connectivity index (χ4n) is 1.66. The number of hydrogen-bond acceptors (Lipinski definition) is 3. The highest BCUT2D eigenvalue weighted by Crippen LogP contribution is 2.19. The van der Waals surface area contributed by atoms with Crippen molar-refractivity contribution >= 4 is 10.1 Å². The largest absolute Gasteiger partial charge is 0.270 e. The molecule has 1 saturated heterocycles. The molecule has 0 saturated carbocycles. The Hall–Kier alpha value is -0.940. The fraction of sp³-hybridized carbons (Fsp3) is 0.400. The van der Waals surface area contributed by atoms with Crippen LogP contribution in [0.5, 0.6) is 0 Å². The molecule has 0 spiro atoms. The molecule has 3 nitrogen and oxygen atoms in total. The first kappa shape index (κ1) is 10.6. The maximum Gasteiger partial charge on any atom is 0.267 e. The lowest BCUT2D eigenvalue weighted by Gasteiger charge is -2.05. The van der Waals surface area contributed by atoms with Crippen molar-refractivity contribution in [3.63, 3.8) is 0 Å². The first-order chi connectivity index (χ1) is 7.05. The van der Waals surface area contributed by atoms with Crippen molar-refractivity contribution in [2.45, 2.75) is 6.42 Å². The van der Waals surface area contributed by atoms with E-state index in [0.29, 0.717) is 6.42 Å². The second kappa shape index (κ2) is 3.90. The standard InChI is InChI=1S/C10H11FO3S/c11-10-3-1-8(2-4-10)5-9-6-14-15(12,13)7-9/h1-4,9H,5-7H2/t9-/m0/s1. The SMILES string of the molecule is O=S1(=O)C[C@@H](Cc2ccc(F)cc2)CO1. The summed E-state index contributed by atoms with van der Waals surface area (Å²) in [5.41, 5.74) is 0.933. The molecule has 2 rings (SSSR count). The maximum absolute atomic E-state index is 12.6. The molecule has 15 heavy (non-hydrogen) atoms. The van der Waals surface area contributed by atoms with Crippen LogP contribution in [0.25, 0.3) is 0 Å². The van der Waals surface area contributed by atoms with E-state index in [1.54, 1.807) is 12.1 Å². The van der Waals surface area contributed by atoms with Crippen LogP contribution < -0.4 is 0 Å². The van der Waals surface area contributed by atoms with Crippen LogP contribution in [0, 0.1) is 11.7 Å². The Balaban J connectivity index is 2.02.